The Balaban J connectivity index is 2.07. The summed E-state index contributed by atoms with van der Waals surface area (Å²) < 4.78 is 25.2. The number of rotatable bonds is 5. The van der Waals surface area contributed by atoms with Crippen molar-refractivity contribution in [3.63, 3.8) is 0 Å². The lowest BCUT2D eigenvalue weighted by Gasteiger charge is -2.13. The van der Waals surface area contributed by atoms with E-state index in [1.54, 1.807) is 25.1 Å². The summed E-state index contributed by atoms with van der Waals surface area (Å²) in [6, 6.07) is 7.33. The van der Waals surface area contributed by atoms with Gasteiger partial charge in [0.2, 0.25) is 5.91 Å². The van der Waals surface area contributed by atoms with E-state index in [-0.39, 0.29) is 6.04 Å². The Morgan fingerprint density at radius 2 is 2.16 bits per heavy atom. The van der Waals surface area contributed by atoms with Gasteiger partial charge < -0.3 is 5.32 Å². The quantitative estimate of drug-likeness (QED) is 0.889. The fourth-order valence-corrected chi connectivity index (χ4v) is 3.45. The molecule has 1 fully saturated rings. The second kappa shape index (κ2) is 5.63. The Hall–Kier alpha value is -0.880. The molecule has 0 aliphatic heterocycles. The number of carbonyl (C=O) groups excluding carboxylic acids is 1. The van der Waals surface area contributed by atoms with Gasteiger partial charge in [-0.25, -0.2) is 8.42 Å². The van der Waals surface area contributed by atoms with Crippen LogP contribution in [-0.2, 0) is 14.6 Å². The van der Waals surface area contributed by atoms with Crippen molar-refractivity contribution in [3.8, 4) is 0 Å². The zero-order valence-electron chi connectivity index (χ0n) is 10.6. The molecule has 1 unspecified atom stereocenters. The van der Waals surface area contributed by atoms with Crippen molar-refractivity contribution >= 4 is 31.7 Å². The molecule has 1 aromatic rings. The van der Waals surface area contributed by atoms with Gasteiger partial charge >= 0.3 is 0 Å². The molecule has 0 saturated heterocycles. The molecule has 0 heterocycles. The van der Waals surface area contributed by atoms with Gasteiger partial charge in [-0.2, -0.15) is 0 Å². The first-order valence-electron chi connectivity index (χ1n) is 6.15. The molecule has 0 aromatic heterocycles. The first kappa shape index (κ1) is 14.5. The van der Waals surface area contributed by atoms with Crippen LogP contribution < -0.4 is 5.32 Å². The number of sulfone groups is 1. The van der Waals surface area contributed by atoms with E-state index in [1.165, 1.54) is 0 Å². The highest BCUT2D eigenvalue weighted by atomic mass is 79.9. The van der Waals surface area contributed by atoms with Crippen molar-refractivity contribution in [2.75, 3.05) is 5.75 Å². The third-order valence-corrected chi connectivity index (χ3v) is 5.64. The van der Waals surface area contributed by atoms with Crippen LogP contribution in [0, 0.1) is 0 Å². The van der Waals surface area contributed by atoms with Crippen molar-refractivity contribution in [2.24, 2.45) is 0 Å². The second-order valence-corrected chi connectivity index (χ2v) is 8.08. The average molecular weight is 346 g/mol. The van der Waals surface area contributed by atoms with E-state index in [9.17, 15) is 13.2 Å². The molecular weight excluding hydrogens is 330 g/mol. The van der Waals surface area contributed by atoms with Gasteiger partial charge in [-0.1, -0.05) is 28.1 Å². The number of amides is 1. The van der Waals surface area contributed by atoms with Gasteiger partial charge in [0.15, 0.2) is 9.84 Å². The molecule has 6 heteroatoms. The van der Waals surface area contributed by atoms with Gasteiger partial charge in [-0.15, -0.1) is 0 Å². The highest BCUT2D eigenvalue weighted by molar-refractivity contribution is 9.10. The minimum atomic E-state index is -3.48. The number of hydrogen-bond donors (Lipinski definition) is 1. The standard InChI is InChI=1S/C13H16BrNO3S/c1-9(10-3-2-4-11(14)7-10)19(17,18)8-13(16)15-12-5-6-12/h2-4,7,9,12H,5-6,8H2,1H3,(H,15,16). The van der Waals surface area contributed by atoms with Crippen LogP contribution in [0.1, 0.15) is 30.6 Å². The molecule has 1 N–H and O–H groups in total. The number of benzene rings is 1. The van der Waals surface area contributed by atoms with Crippen LogP contribution in [0.2, 0.25) is 0 Å². The summed E-state index contributed by atoms with van der Waals surface area (Å²) in [6.07, 6.45) is 1.90. The fourth-order valence-electron chi connectivity index (χ4n) is 1.77. The summed E-state index contributed by atoms with van der Waals surface area (Å²) in [7, 11) is -3.48. The van der Waals surface area contributed by atoms with Crippen LogP contribution in [0.5, 0.6) is 0 Å². The molecule has 0 radical (unpaired) electrons. The molecular formula is C13H16BrNO3S. The van der Waals surface area contributed by atoms with Crippen molar-refractivity contribution in [1.82, 2.24) is 5.32 Å². The van der Waals surface area contributed by atoms with Crippen molar-refractivity contribution in [1.29, 1.82) is 0 Å². The predicted octanol–water partition coefficient (Wildman–Crippen LogP) is 2.20. The van der Waals surface area contributed by atoms with Gasteiger partial charge in [0.05, 0.1) is 5.25 Å². The van der Waals surface area contributed by atoms with Crippen molar-refractivity contribution in [3.05, 3.63) is 34.3 Å². The van der Waals surface area contributed by atoms with E-state index in [0.29, 0.717) is 5.56 Å². The van der Waals surface area contributed by atoms with Crippen molar-refractivity contribution in [2.45, 2.75) is 31.1 Å². The predicted molar refractivity (Wildman–Crippen MR) is 77.5 cm³/mol. The zero-order valence-corrected chi connectivity index (χ0v) is 13.0. The van der Waals surface area contributed by atoms with Crippen LogP contribution in [-0.4, -0.2) is 26.1 Å². The Bertz CT molecular complexity index is 581. The van der Waals surface area contributed by atoms with E-state index in [2.05, 4.69) is 21.2 Å². The molecule has 19 heavy (non-hydrogen) atoms. The van der Waals surface area contributed by atoms with E-state index in [0.717, 1.165) is 17.3 Å². The molecule has 1 saturated carbocycles. The maximum Gasteiger partial charge on any atom is 0.235 e. The molecule has 1 atom stereocenters. The number of nitrogens with one attached hydrogen (secondary N) is 1. The normalized spacial score (nSPS) is 16.9. The topological polar surface area (TPSA) is 63.2 Å². The fraction of sp³-hybridized carbons (Fsp3) is 0.462. The highest BCUT2D eigenvalue weighted by Gasteiger charge is 2.29. The summed E-state index contributed by atoms with van der Waals surface area (Å²) >= 11 is 3.31. The summed E-state index contributed by atoms with van der Waals surface area (Å²) in [5.74, 6) is -0.846. The molecule has 0 spiro atoms. The van der Waals surface area contributed by atoms with E-state index >= 15 is 0 Å². The molecule has 4 nitrogen and oxygen atoms in total. The third-order valence-electron chi connectivity index (χ3n) is 3.13. The smallest absolute Gasteiger partial charge is 0.235 e. The van der Waals surface area contributed by atoms with E-state index in [4.69, 9.17) is 0 Å². The Morgan fingerprint density at radius 3 is 2.74 bits per heavy atom. The molecule has 104 valence electrons. The van der Waals surface area contributed by atoms with E-state index < -0.39 is 26.7 Å². The average Bonchev–Trinajstić information content (AvgIpc) is 3.11. The Labute approximate surface area is 121 Å². The number of hydrogen-bond acceptors (Lipinski definition) is 3. The molecule has 0 bridgehead atoms. The maximum atomic E-state index is 12.2. The number of carbonyl (C=O) groups is 1. The van der Waals surface area contributed by atoms with Crippen LogP contribution in [0.4, 0.5) is 0 Å². The van der Waals surface area contributed by atoms with Crippen LogP contribution in [0.3, 0.4) is 0 Å². The van der Waals surface area contributed by atoms with Gasteiger partial charge in [0, 0.05) is 10.5 Å². The van der Waals surface area contributed by atoms with Gasteiger partial charge in [-0.3, -0.25) is 4.79 Å². The first-order valence-corrected chi connectivity index (χ1v) is 8.66. The molecule has 2 rings (SSSR count). The lowest BCUT2D eigenvalue weighted by atomic mass is 10.2. The maximum absolute atomic E-state index is 12.2. The second-order valence-electron chi connectivity index (χ2n) is 4.85. The summed E-state index contributed by atoms with van der Waals surface area (Å²) in [5, 5.41) is 2.02. The minimum absolute atomic E-state index is 0.184. The van der Waals surface area contributed by atoms with Crippen LogP contribution in [0.25, 0.3) is 0 Å². The van der Waals surface area contributed by atoms with Crippen molar-refractivity contribution < 1.29 is 13.2 Å². The molecule has 1 aromatic carbocycles. The minimum Gasteiger partial charge on any atom is -0.352 e. The zero-order chi connectivity index (χ0) is 14.0. The first-order chi connectivity index (χ1) is 8.88. The third kappa shape index (κ3) is 4.04. The highest BCUT2D eigenvalue weighted by Crippen LogP contribution is 2.25. The Morgan fingerprint density at radius 1 is 1.47 bits per heavy atom. The lowest BCUT2D eigenvalue weighted by molar-refractivity contribution is -0.118. The van der Waals surface area contributed by atoms with E-state index in [1.807, 2.05) is 6.07 Å². The summed E-state index contributed by atoms with van der Waals surface area (Å²) in [5.41, 5.74) is 0.689. The van der Waals surface area contributed by atoms with Gasteiger partial charge in [0.1, 0.15) is 5.75 Å². The summed E-state index contributed by atoms with van der Waals surface area (Å²) in [4.78, 5) is 11.6. The molecule has 1 aliphatic carbocycles. The summed E-state index contributed by atoms with van der Waals surface area (Å²) in [6.45, 7) is 1.61. The monoisotopic (exact) mass is 345 g/mol. The number of halogens is 1. The van der Waals surface area contributed by atoms with Crippen LogP contribution in [0.15, 0.2) is 28.7 Å². The Kier molecular flexibility index (Phi) is 4.30. The SMILES string of the molecule is CC(c1cccc(Br)c1)S(=O)(=O)CC(=O)NC1CC1. The van der Waals surface area contributed by atoms with Crippen LogP contribution >= 0.6 is 15.9 Å². The molecule has 1 aliphatic rings. The molecule has 1 amide bonds. The van der Waals surface area contributed by atoms with Gasteiger partial charge in [0.25, 0.3) is 0 Å². The van der Waals surface area contributed by atoms with Gasteiger partial charge in [-0.05, 0) is 37.5 Å². The largest absolute Gasteiger partial charge is 0.352 e. The lowest BCUT2D eigenvalue weighted by Crippen LogP contribution is -2.33.